The summed E-state index contributed by atoms with van der Waals surface area (Å²) in [5.74, 6) is 0.252. The molecular weight excluding hydrogens is 246 g/mol. The van der Waals surface area contributed by atoms with E-state index in [1.165, 1.54) is 6.42 Å². The van der Waals surface area contributed by atoms with Gasteiger partial charge in [-0.25, -0.2) is 0 Å². The molecule has 2 heteroatoms. The maximum absolute atomic E-state index is 12.6. The fourth-order valence-electron chi connectivity index (χ4n) is 2.38. The van der Waals surface area contributed by atoms with Crippen molar-refractivity contribution < 1.29 is 4.79 Å². The monoisotopic (exact) mass is 275 g/mol. The molecule has 0 spiro atoms. The molecule has 112 valence electrons. The van der Waals surface area contributed by atoms with Crippen molar-refractivity contribution in [2.24, 2.45) is 0 Å². The first-order valence-electron chi connectivity index (χ1n) is 7.84. The van der Waals surface area contributed by atoms with Crippen LogP contribution in [0.2, 0.25) is 0 Å². The van der Waals surface area contributed by atoms with Gasteiger partial charge in [0.15, 0.2) is 5.78 Å². The Morgan fingerprint density at radius 2 is 1.95 bits per heavy atom. The highest BCUT2D eigenvalue weighted by Crippen LogP contribution is 2.14. The van der Waals surface area contributed by atoms with Crippen LogP contribution in [0.15, 0.2) is 18.2 Å². The van der Waals surface area contributed by atoms with Gasteiger partial charge in [-0.3, -0.25) is 9.69 Å². The molecule has 1 atom stereocenters. The van der Waals surface area contributed by atoms with Crippen LogP contribution in [0, 0.1) is 13.8 Å². The Hall–Kier alpha value is -1.15. The molecule has 0 fully saturated rings. The Kier molecular flexibility index (Phi) is 6.94. The molecule has 0 radical (unpaired) electrons. The smallest absolute Gasteiger partial charge is 0.177 e. The van der Waals surface area contributed by atoms with Crippen LogP contribution in [0.5, 0.6) is 0 Å². The molecule has 2 nitrogen and oxygen atoms in total. The number of carbonyl (C=O) groups excluding carboxylic acids is 1. The quantitative estimate of drug-likeness (QED) is 0.656. The fourth-order valence-corrected chi connectivity index (χ4v) is 2.38. The van der Waals surface area contributed by atoms with E-state index >= 15 is 0 Å². The molecule has 0 saturated carbocycles. The Labute approximate surface area is 124 Å². The van der Waals surface area contributed by atoms with Gasteiger partial charge in [-0.1, -0.05) is 38.0 Å². The SMILES string of the molecule is CCCCN(CC(=O)c1cc(C)ccc1C)C(C)CC. The molecule has 0 bridgehead atoms. The normalized spacial score (nSPS) is 12.7. The van der Waals surface area contributed by atoms with Crippen molar-refractivity contribution in [2.45, 2.75) is 59.9 Å². The first-order valence-corrected chi connectivity index (χ1v) is 7.84. The summed E-state index contributed by atoms with van der Waals surface area (Å²) in [7, 11) is 0. The summed E-state index contributed by atoms with van der Waals surface area (Å²) in [6, 6.07) is 6.60. The molecule has 0 aliphatic carbocycles. The van der Waals surface area contributed by atoms with Gasteiger partial charge < -0.3 is 0 Å². The number of aryl methyl sites for hydroxylation is 2. The van der Waals surface area contributed by atoms with Gasteiger partial charge in [-0.05, 0) is 51.8 Å². The van der Waals surface area contributed by atoms with Crippen molar-refractivity contribution in [1.29, 1.82) is 0 Å². The zero-order chi connectivity index (χ0) is 15.1. The van der Waals surface area contributed by atoms with Crippen LogP contribution in [0.25, 0.3) is 0 Å². The molecule has 1 unspecified atom stereocenters. The van der Waals surface area contributed by atoms with Gasteiger partial charge in [0.25, 0.3) is 0 Å². The number of Topliss-reactive ketones (excluding diaryl/α,β-unsaturated/α-hetero) is 1. The first-order chi connectivity index (χ1) is 9.49. The second kappa shape index (κ2) is 8.21. The first kappa shape index (κ1) is 16.9. The van der Waals surface area contributed by atoms with Crippen molar-refractivity contribution >= 4 is 5.78 Å². The van der Waals surface area contributed by atoms with E-state index in [1.54, 1.807) is 0 Å². The highest BCUT2D eigenvalue weighted by Gasteiger charge is 2.17. The molecule has 0 saturated heterocycles. The summed E-state index contributed by atoms with van der Waals surface area (Å²) in [6.07, 6.45) is 3.42. The minimum atomic E-state index is 0.252. The minimum Gasteiger partial charge on any atom is -0.293 e. The van der Waals surface area contributed by atoms with E-state index in [2.05, 4.69) is 31.7 Å². The second-order valence-corrected chi connectivity index (χ2v) is 5.82. The molecular formula is C18H29NO. The maximum Gasteiger partial charge on any atom is 0.177 e. The third-order valence-corrected chi connectivity index (χ3v) is 4.05. The topological polar surface area (TPSA) is 20.3 Å². The summed E-state index contributed by atoms with van der Waals surface area (Å²) >= 11 is 0. The number of hydrogen-bond donors (Lipinski definition) is 0. The Bertz CT molecular complexity index is 439. The van der Waals surface area contributed by atoms with Gasteiger partial charge in [-0.15, -0.1) is 0 Å². The average molecular weight is 275 g/mol. The Balaban J connectivity index is 2.81. The van der Waals surface area contributed by atoms with Crippen LogP contribution in [-0.4, -0.2) is 29.8 Å². The summed E-state index contributed by atoms with van der Waals surface area (Å²) in [5.41, 5.74) is 3.12. The summed E-state index contributed by atoms with van der Waals surface area (Å²) in [4.78, 5) is 14.9. The number of ketones is 1. The number of rotatable bonds is 8. The molecule has 0 aromatic heterocycles. The van der Waals surface area contributed by atoms with Crippen molar-refractivity contribution in [3.8, 4) is 0 Å². The molecule has 1 aromatic carbocycles. The molecule has 20 heavy (non-hydrogen) atoms. The fraction of sp³-hybridized carbons (Fsp3) is 0.611. The molecule has 0 aliphatic heterocycles. The summed E-state index contributed by atoms with van der Waals surface area (Å²) < 4.78 is 0. The molecule has 0 N–H and O–H groups in total. The lowest BCUT2D eigenvalue weighted by atomic mass is 10.0. The van der Waals surface area contributed by atoms with Gasteiger partial charge in [-0.2, -0.15) is 0 Å². The van der Waals surface area contributed by atoms with Crippen LogP contribution in [0.1, 0.15) is 61.5 Å². The number of hydrogen-bond acceptors (Lipinski definition) is 2. The van der Waals surface area contributed by atoms with Crippen LogP contribution in [0.4, 0.5) is 0 Å². The van der Waals surface area contributed by atoms with E-state index in [4.69, 9.17) is 0 Å². The largest absolute Gasteiger partial charge is 0.293 e. The number of benzene rings is 1. The van der Waals surface area contributed by atoms with Gasteiger partial charge in [0.2, 0.25) is 0 Å². The second-order valence-electron chi connectivity index (χ2n) is 5.82. The molecule has 0 heterocycles. The standard InChI is InChI=1S/C18H29NO/c1-6-8-11-19(16(5)7-2)13-18(20)17-12-14(3)9-10-15(17)4/h9-10,12,16H,6-8,11,13H2,1-5H3. The molecule has 1 rings (SSSR count). The summed E-state index contributed by atoms with van der Waals surface area (Å²) in [5, 5.41) is 0. The predicted octanol–water partition coefficient (Wildman–Crippen LogP) is 4.39. The molecule has 0 amide bonds. The van der Waals surface area contributed by atoms with Gasteiger partial charge in [0.1, 0.15) is 0 Å². The summed E-state index contributed by atoms with van der Waals surface area (Å²) in [6.45, 7) is 12.2. The lowest BCUT2D eigenvalue weighted by Gasteiger charge is -2.27. The minimum absolute atomic E-state index is 0.252. The Morgan fingerprint density at radius 3 is 2.55 bits per heavy atom. The number of unbranched alkanes of at least 4 members (excludes halogenated alkanes) is 1. The number of carbonyl (C=O) groups is 1. The third-order valence-electron chi connectivity index (χ3n) is 4.05. The highest BCUT2D eigenvalue weighted by molar-refractivity contribution is 5.99. The van der Waals surface area contributed by atoms with E-state index in [9.17, 15) is 4.79 Å². The van der Waals surface area contributed by atoms with E-state index in [-0.39, 0.29) is 5.78 Å². The number of nitrogens with zero attached hydrogens (tertiary/aromatic N) is 1. The van der Waals surface area contributed by atoms with Crippen molar-refractivity contribution in [3.05, 3.63) is 34.9 Å². The van der Waals surface area contributed by atoms with Crippen LogP contribution in [0.3, 0.4) is 0 Å². The van der Waals surface area contributed by atoms with E-state index in [0.717, 1.165) is 36.1 Å². The zero-order valence-corrected chi connectivity index (χ0v) is 13.7. The van der Waals surface area contributed by atoms with Crippen LogP contribution < -0.4 is 0 Å². The van der Waals surface area contributed by atoms with Crippen molar-refractivity contribution in [3.63, 3.8) is 0 Å². The molecule has 0 aliphatic rings. The third kappa shape index (κ3) is 4.75. The maximum atomic E-state index is 12.6. The van der Waals surface area contributed by atoms with E-state index in [1.807, 2.05) is 26.0 Å². The van der Waals surface area contributed by atoms with E-state index < -0.39 is 0 Å². The van der Waals surface area contributed by atoms with E-state index in [0.29, 0.717) is 12.6 Å². The lowest BCUT2D eigenvalue weighted by Crippen LogP contribution is -2.38. The zero-order valence-electron chi connectivity index (χ0n) is 13.7. The van der Waals surface area contributed by atoms with Crippen molar-refractivity contribution in [1.82, 2.24) is 4.90 Å². The predicted molar refractivity (Wildman–Crippen MR) is 86.5 cm³/mol. The molecule has 1 aromatic rings. The highest BCUT2D eigenvalue weighted by atomic mass is 16.1. The van der Waals surface area contributed by atoms with Gasteiger partial charge in [0.05, 0.1) is 6.54 Å². The lowest BCUT2D eigenvalue weighted by molar-refractivity contribution is 0.0893. The van der Waals surface area contributed by atoms with Crippen LogP contribution in [-0.2, 0) is 0 Å². The van der Waals surface area contributed by atoms with Gasteiger partial charge in [0, 0.05) is 11.6 Å². The Morgan fingerprint density at radius 1 is 1.25 bits per heavy atom. The average Bonchev–Trinajstić information content (AvgIpc) is 2.44. The van der Waals surface area contributed by atoms with Gasteiger partial charge >= 0.3 is 0 Å². The van der Waals surface area contributed by atoms with Crippen molar-refractivity contribution in [2.75, 3.05) is 13.1 Å². The van der Waals surface area contributed by atoms with Crippen LogP contribution >= 0.6 is 0 Å².